The molecule has 0 saturated heterocycles. The average molecular weight is 351 g/mol. The van der Waals surface area contributed by atoms with Crippen molar-refractivity contribution in [2.24, 2.45) is 5.92 Å². The van der Waals surface area contributed by atoms with Crippen LogP contribution in [0.1, 0.15) is 23.2 Å². The van der Waals surface area contributed by atoms with Crippen LogP contribution in [0.5, 0.6) is 0 Å². The molecule has 26 heavy (non-hydrogen) atoms. The molecular formula is C19H21N5O2. The number of nitrogens with zero attached hydrogens (tertiary/aromatic N) is 4. The maximum Gasteiger partial charge on any atom is 0.253 e. The number of aromatic nitrogens is 3. The summed E-state index contributed by atoms with van der Waals surface area (Å²) < 4.78 is 6.74. The van der Waals surface area contributed by atoms with Crippen molar-refractivity contribution >= 4 is 17.5 Å². The molecular weight excluding hydrogens is 330 g/mol. The van der Waals surface area contributed by atoms with Gasteiger partial charge < -0.3 is 14.6 Å². The lowest BCUT2D eigenvalue weighted by Crippen LogP contribution is -2.18. The summed E-state index contributed by atoms with van der Waals surface area (Å²) in [6.45, 7) is 0.557. The fourth-order valence-corrected chi connectivity index (χ4v) is 2.69. The van der Waals surface area contributed by atoms with E-state index in [2.05, 4.69) is 44.6 Å². The molecule has 0 spiro atoms. The summed E-state index contributed by atoms with van der Waals surface area (Å²) >= 11 is 0. The number of nitrogens with one attached hydrogen (secondary N) is 1. The van der Waals surface area contributed by atoms with E-state index in [9.17, 15) is 4.79 Å². The van der Waals surface area contributed by atoms with E-state index in [-0.39, 0.29) is 11.8 Å². The molecule has 0 bridgehead atoms. The van der Waals surface area contributed by atoms with E-state index in [1.165, 1.54) is 4.68 Å². The Balaban J connectivity index is 1.55. The van der Waals surface area contributed by atoms with Gasteiger partial charge in [0.25, 0.3) is 5.91 Å². The lowest BCUT2D eigenvalue weighted by molar-refractivity contribution is 0.0872. The first kappa shape index (κ1) is 16.4. The lowest BCUT2D eigenvalue weighted by atomic mass is 10.2. The second-order valence-electron chi connectivity index (χ2n) is 6.68. The van der Waals surface area contributed by atoms with Gasteiger partial charge in [0, 0.05) is 32.2 Å². The molecule has 1 aromatic carbocycles. The Morgan fingerprint density at radius 1 is 1.27 bits per heavy atom. The van der Waals surface area contributed by atoms with E-state index >= 15 is 0 Å². The summed E-state index contributed by atoms with van der Waals surface area (Å²) in [6, 6.07) is 11.8. The van der Waals surface area contributed by atoms with Gasteiger partial charge in [-0.25, -0.2) is 0 Å². The normalized spacial score (nSPS) is 13.6. The molecule has 1 saturated carbocycles. The van der Waals surface area contributed by atoms with Crippen molar-refractivity contribution in [2.45, 2.75) is 19.4 Å². The van der Waals surface area contributed by atoms with Crippen LogP contribution in [0.3, 0.4) is 0 Å². The molecule has 4 rings (SSSR count). The monoisotopic (exact) mass is 351 g/mol. The molecule has 0 amide bonds. The number of hydrogen-bond acceptors (Lipinski definition) is 6. The highest BCUT2D eigenvalue weighted by atomic mass is 16.3. The predicted octanol–water partition coefficient (Wildman–Crippen LogP) is 3.27. The zero-order chi connectivity index (χ0) is 18.1. The molecule has 2 aromatic heterocycles. The van der Waals surface area contributed by atoms with E-state index in [4.69, 9.17) is 4.42 Å². The zero-order valence-electron chi connectivity index (χ0n) is 14.8. The van der Waals surface area contributed by atoms with Gasteiger partial charge in [0.15, 0.2) is 5.76 Å². The lowest BCUT2D eigenvalue weighted by Gasteiger charge is -2.13. The second-order valence-corrected chi connectivity index (χ2v) is 6.68. The molecule has 134 valence electrons. The van der Waals surface area contributed by atoms with E-state index in [0.717, 1.165) is 24.1 Å². The molecule has 1 N–H and O–H groups in total. The Morgan fingerprint density at radius 2 is 2.04 bits per heavy atom. The standard InChI is InChI=1S/C19H21N5O2/c1-23(2)15-9-5-13(6-10-15)12-20-19-21-17(16-4-3-11-26-16)22-24(19)18(25)14-7-8-14/h3-6,9-11,14H,7-8,12H2,1-2H3,(H,20,21,22). The van der Waals surface area contributed by atoms with Crippen LogP contribution in [-0.4, -0.2) is 34.8 Å². The quantitative estimate of drug-likeness (QED) is 0.734. The van der Waals surface area contributed by atoms with Crippen molar-refractivity contribution in [3.8, 4) is 11.6 Å². The van der Waals surface area contributed by atoms with E-state index in [1.807, 2.05) is 14.1 Å². The van der Waals surface area contributed by atoms with Crippen LogP contribution in [0.2, 0.25) is 0 Å². The summed E-state index contributed by atoms with van der Waals surface area (Å²) in [5, 5.41) is 7.59. The van der Waals surface area contributed by atoms with Gasteiger partial charge in [-0.15, -0.1) is 5.10 Å². The van der Waals surface area contributed by atoms with Crippen molar-refractivity contribution < 1.29 is 9.21 Å². The molecule has 0 unspecified atom stereocenters. The fraction of sp³-hybridized carbons (Fsp3) is 0.316. The minimum Gasteiger partial charge on any atom is -0.461 e. The summed E-state index contributed by atoms with van der Waals surface area (Å²) in [7, 11) is 4.02. The molecule has 7 heteroatoms. The topological polar surface area (TPSA) is 76.2 Å². The van der Waals surface area contributed by atoms with Crippen molar-refractivity contribution in [2.75, 3.05) is 24.3 Å². The van der Waals surface area contributed by atoms with Crippen molar-refractivity contribution in [1.29, 1.82) is 0 Å². The number of benzene rings is 1. The minimum absolute atomic E-state index is 0.0132. The number of carbonyl (C=O) groups excluding carboxylic acids is 1. The number of carbonyl (C=O) groups is 1. The minimum atomic E-state index is -0.0132. The maximum absolute atomic E-state index is 12.5. The van der Waals surface area contributed by atoms with Crippen molar-refractivity contribution in [3.63, 3.8) is 0 Å². The van der Waals surface area contributed by atoms with Gasteiger partial charge in [0.1, 0.15) is 0 Å². The molecule has 0 atom stereocenters. The third-order valence-electron chi connectivity index (χ3n) is 4.39. The molecule has 1 aliphatic carbocycles. The third-order valence-corrected chi connectivity index (χ3v) is 4.39. The number of anilines is 2. The Bertz CT molecular complexity index is 893. The van der Waals surface area contributed by atoms with Gasteiger partial charge in [-0.2, -0.15) is 9.67 Å². The maximum atomic E-state index is 12.5. The predicted molar refractivity (Wildman–Crippen MR) is 99.2 cm³/mol. The van der Waals surface area contributed by atoms with Crippen LogP contribution in [0.4, 0.5) is 11.6 Å². The Hall–Kier alpha value is -3.09. The molecule has 3 aromatic rings. The van der Waals surface area contributed by atoms with Crippen LogP contribution >= 0.6 is 0 Å². The highest BCUT2D eigenvalue weighted by molar-refractivity contribution is 5.85. The fourth-order valence-electron chi connectivity index (χ4n) is 2.69. The summed E-state index contributed by atoms with van der Waals surface area (Å²) in [4.78, 5) is 19.0. The second kappa shape index (κ2) is 6.67. The number of rotatable bonds is 6. The van der Waals surface area contributed by atoms with Crippen LogP contribution in [0.15, 0.2) is 47.1 Å². The Kier molecular flexibility index (Phi) is 4.20. The van der Waals surface area contributed by atoms with Gasteiger partial charge in [0.2, 0.25) is 11.8 Å². The van der Waals surface area contributed by atoms with Gasteiger partial charge >= 0.3 is 0 Å². The summed E-state index contributed by atoms with van der Waals surface area (Å²) in [6.07, 6.45) is 3.40. The summed E-state index contributed by atoms with van der Waals surface area (Å²) in [5.41, 5.74) is 2.24. The largest absolute Gasteiger partial charge is 0.461 e. The molecule has 0 aliphatic heterocycles. The van der Waals surface area contributed by atoms with Crippen LogP contribution in [-0.2, 0) is 6.54 Å². The van der Waals surface area contributed by atoms with E-state index < -0.39 is 0 Å². The first-order chi connectivity index (χ1) is 12.6. The molecule has 7 nitrogen and oxygen atoms in total. The number of furan rings is 1. The first-order valence-corrected chi connectivity index (χ1v) is 8.67. The van der Waals surface area contributed by atoms with Crippen LogP contribution in [0, 0.1) is 5.92 Å². The zero-order valence-corrected chi connectivity index (χ0v) is 14.8. The van der Waals surface area contributed by atoms with Crippen molar-refractivity contribution in [3.05, 3.63) is 48.2 Å². The van der Waals surface area contributed by atoms with Gasteiger partial charge in [-0.1, -0.05) is 12.1 Å². The van der Waals surface area contributed by atoms with Gasteiger partial charge in [-0.3, -0.25) is 4.79 Å². The van der Waals surface area contributed by atoms with Crippen LogP contribution < -0.4 is 10.2 Å². The van der Waals surface area contributed by atoms with Gasteiger partial charge in [0.05, 0.1) is 6.26 Å². The van der Waals surface area contributed by atoms with Crippen molar-refractivity contribution in [1.82, 2.24) is 14.8 Å². The highest BCUT2D eigenvalue weighted by Crippen LogP contribution is 2.32. The van der Waals surface area contributed by atoms with E-state index in [0.29, 0.717) is 24.1 Å². The molecule has 1 fully saturated rings. The molecule has 2 heterocycles. The highest BCUT2D eigenvalue weighted by Gasteiger charge is 2.33. The third kappa shape index (κ3) is 3.33. The summed E-state index contributed by atoms with van der Waals surface area (Å²) in [5.74, 6) is 1.45. The SMILES string of the molecule is CN(C)c1ccc(CNc2nc(-c3ccco3)nn2C(=O)C2CC2)cc1. The molecule has 1 aliphatic rings. The van der Waals surface area contributed by atoms with Crippen LogP contribution in [0.25, 0.3) is 11.6 Å². The average Bonchev–Trinajstić information content (AvgIpc) is 3.18. The Labute approximate surface area is 151 Å². The Morgan fingerprint density at radius 3 is 2.65 bits per heavy atom. The number of hydrogen-bond donors (Lipinski definition) is 1. The molecule has 0 radical (unpaired) electrons. The van der Waals surface area contributed by atoms with E-state index in [1.54, 1.807) is 18.4 Å². The first-order valence-electron chi connectivity index (χ1n) is 8.67. The smallest absolute Gasteiger partial charge is 0.253 e. The van der Waals surface area contributed by atoms with Gasteiger partial charge in [-0.05, 0) is 42.7 Å².